The van der Waals surface area contributed by atoms with E-state index >= 15 is 0 Å². The van der Waals surface area contributed by atoms with Crippen LogP contribution in [-0.2, 0) is 9.53 Å². The van der Waals surface area contributed by atoms with E-state index < -0.39 is 23.7 Å². The van der Waals surface area contributed by atoms with E-state index in [1.54, 1.807) is 32.9 Å². The summed E-state index contributed by atoms with van der Waals surface area (Å²) in [4.78, 5) is 22.5. The van der Waals surface area contributed by atoms with Gasteiger partial charge in [0.25, 0.3) is 0 Å². The second-order valence-corrected chi connectivity index (χ2v) is 5.13. The van der Waals surface area contributed by atoms with Crippen LogP contribution < -0.4 is 5.32 Å². The molecule has 5 nitrogen and oxygen atoms in total. The van der Waals surface area contributed by atoms with Gasteiger partial charge in [-0.1, -0.05) is 24.8 Å². The third kappa shape index (κ3) is 9.88. The Hall–Kier alpha value is -1.78. The third-order valence-corrected chi connectivity index (χ3v) is 2.12. The summed E-state index contributed by atoms with van der Waals surface area (Å²) in [5.74, 6) is -1.06. The van der Waals surface area contributed by atoms with Crippen LogP contribution in [0.3, 0.4) is 0 Å². The number of rotatable bonds is 7. The summed E-state index contributed by atoms with van der Waals surface area (Å²) < 4.78 is 5.02. The zero-order valence-corrected chi connectivity index (χ0v) is 11.8. The maximum atomic E-state index is 11.5. The number of carbonyl (C=O) groups is 2. The summed E-state index contributed by atoms with van der Waals surface area (Å²) in [5, 5.41) is 11.4. The lowest BCUT2D eigenvalue weighted by molar-refractivity contribution is -0.139. The number of allylic oxidation sites excluding steroid dienone is 3. The number of hydrogen-bond acceptors (Lipinski definition) is 3. The van der Waals surface area contributed by atoms with E-state index in [0.29, 0.717) is 12.8 Å². The van der Waals surface area contributed by atoms with E-state index in [1.807, 2.05) is 6.08 Å². The molecule has 0 saturated carbocycles. The number of nitrogens with one attached hydrogen (secondary N) is 1. The SMILES string of the molecule is C=C/C=C/CCC[C@@H](NC(=O)OC(C)(C)C)C(=O)O. The number of unbranched alkanes of at least 4 members (excludes halogenated alkanes) is 1. The summed E-state index contributed by atoms with van der Waals surface area (Å²) in [6, 6.07) is -0.924. The molecule has 108 valence electrons. The molecule has 0 bridgehead atoms. The Morgan fingerprint density at radius 3 is 2.53 bits per heavy atom. The van der Waals surface area contributed by atoms with Crippen molar-refractivity contribution >= 4 is 12.1 Å². The molecule has 0 heterocycles. The fourth-order valence-electron chi connectivity index (χ4n) is 1.34. The van der Waals surface area contributed by atoms with Gasteiger partial charge < -0.3 is 15.2 Å². The summed E-state index contributed by atoms with van der Waals surface area (Å²) >= 11 is 0. The molecule has 19 heavy (non-hydrogen) atoms. The molecular weight excluding hydrogens is 246 g/mol. The predicted octanol–water partition coefficient (Wildman–Crippen LogP) is 2.88. The maximum absolute atomic E-state index is 11.5. The molecule has 1 atom stereocenters. The standard InChI is InChI=1S/C14H23NO4/c1-5-6-7-8-9-10-11(12(16)17)15-13(18)19-14(2,3)4/h5-7,11H,1,8-10H2,2-4H3,(H,15,18)(H,16,17)/b7-6+/t11-/m1/s1. The predicted molar refractivity (Wildman–Crippen MR) is 74.0 cm³/mol. The minimum Gasteiger partial charge on any atom is -0.480 e. The number of amides is 1. The quantitative estimate of drug-likeness (QED) is 0.550. The van der Waals surface area contributed by atoms with Crippen LogP contribution in [0.25, 0.3) is 0 Å². The van der Waals surface area contributed by atoms with Gasteiger partial charge in [0.1, 0.15) is 11.6 Å². The van der Waals surface area contributed by atoms with Gasteiger partial charge in [-0.15, -0.1) is 0 Å². The van der Waals surface area contributed by atoms with Crippen molar-refractivity contribution in [1.82, 2.24) is 5.32 Å². The molecule has 0 aliphatic rings. The lowest BCUT2D eigenvalue weighted by Crippen LogP contribution is -2.43. The molecule has 0 radical (unpaired) electrons. The van der Waals surface area contributed by atoms with Crippen LogP contribution in [-0.4, -0.2) is 28.8 Å². The molecule has 1 amide bonds. The fourth-order valence-corrected chi connectivity index (χ4v) is 1.34. The Balaban J connectivity index is 4.19. The molecule has 0 rings (SSSR count). The maximum Gasteiger partial charge on any atom is 0.408 e. The first kappa shape index (κ1) is 17.2. The van der Waals surface area contributed by atoms with Crippen molar-refractivity contribution in [1.29, 1.82) is 0 Å². The zero-order valence-electron chi connectivity index (χ0n) is 11.8. The highest BCUT2D eigenvalue weighted by Crippen LogP contribution is 2.08. The summed E-state index contributed by atoms with van der Waals surface area (Å²) in [6.45, 7) is 8.71. The van der Waals surface area contributed by atoms with Gasteiger partial charge in [-0.05, 0) is 40.0 Å². The van der Waals surface area contributed by atoms with Crippen LogP contribution in [0.4, 0.5) is 4.79 Å². The normalized spacial score (nSPS) is 13.0. The lowest BCUT2D eigenvalue weighted by atomic mass is 10.1. The minimum absolute atomic E-state index is 0.357. The fraction of sp³-hybridized carbons (Fsp3) is 0.571. The second kappa shape index (κ2) is 8.34. The Morgan fingerprint density at radius 2 is 2.05 bits per heavy atom. The summed E-state index contributed by atoms with van der Waals surface area (Å²) in [5.41, 5.74) is -0.639. The number of alkyl carbamates (subject to hydrolysis) is 1. The number of ether oxygens (including phenoxy) is 1. The van der Waals surface area contributed by atoms with Crippen molar-refractivity contribution in [2.75, 3.05) is 0 Å². The smallest absolute Gasteiger partial charge is 0.408 e. The number of carbonyl (C=O) groups excluding carboxylic acids is 1. The van der Waals surface area contributed by atoms with Crippen molar-refractivity contribution in [2.24, 2.45) is 0 Å². The highest BCUT2D eigenvalue weighted by Gasteiger charge is 2.23. The van der Waals surface area contributed by atoms with Crippen LogP contribution in [0.15, 0.2) is 24.8 Å². The first-order valence-electron chi connectivity index (χ1n) is 6.26. The van der Waals surface area contributed by atoms with E-state index in [9.17, 15) is 9.59 Å². The monoisotopic (exact) mass is 269 g/mol. The average Bonchev–Trinajstić information content (AvgIpc) is 2.24. The number of aliphatic carboxylic acids is 1. The van der Waals surface area contributed by atoms with Crippen molar-refractivity contribution in [2.45, 2.75) is 51.7 Å². The first-order valence-corrected chi connectivity index (χ1v) is 6.26. The Kier molecular flexibility index (Phi) is 7.56. The van der Waals surface area contributed by atoms with Crippen molar-refractivity contribution in [3.05, 3.63) is 24.8 Å². The van der Waals surface area contributed by atoms with Gasteiger partial charge in [-0.2, -0.15) is 0 Å². The third-order valence-electron chi connectivity index (χ3n) is 2.12. The van der Waals surface area contributed by atoms with Gasteiger partial charge >= 0.3 is 12.1 Å². The zero-order chi connectivity index (χ0) is 14.9. The molecule has 0 unspecified atom stereocenters. The molecule has 0 fully saturated rings. The Morgan fingerprint density at radius 1 is 1.42 bits per heavy atom. The first-order chi connectivity index (χ1) is 8.76. The second-order valence-electron chi connectivity index (χ2n) is 5.13. The van der Waals surface area contributed by atoms with Gasteiger partial charge in [0.2, 0.25) is 0 Å². The average molecular weight is 269 g/mol. The lowest BCUT2D eigenvalue weighted by Gasteiger charge is -2.21. The largest absolute Gasteiger partial charge is 0.480 e. The van der Waals surface area contributed by atoms with Gasteiger partial charge in [0.15, 0.2) is 0 Å². The number of hydrogen-bond donors (Lipinski definition) is 2. The number of carboxylic acid groups (broad SMARTS) is 1. The highest BCUT2D eigenvalue weighted by atomic mass is 16.6. The molecule has 0 aromatic rings. The minimum atomic E-state index is -1.06. The van der Waals surface area contributed by atoms with Crippen LogP contribution >= 0.6 is 0 Å². The van der Waals surface area contributed by atoms with Gasteiger partial charge in [-0.25, -0.2) is 9.59 Å². The molecule has 0 aliphatic heterocycles. The van der Waals surface area contributed by atoms with Crippen LogP contribution in [0, 0.1) is 0 Å². The van der Waals surface area contributed by atoms with E-state index in [2.05, 4.69) is 11.9 Å². The van der Waals surface area contributed by atoms with Crippen molar-refractivity contribution in [3.8, 4) is 0 Å². The molecule has 0 aromatic carbocycles. The summed E-state index contributed by atoms with van der Waals surface area (Å²) in [6.07, 6.45) is 6.42. The van der Waals surface area contributed by atoms with E-state index in [4.69, 9.17) is 9.84 Å². The Labute approximate surface area is 114 Å². The van der Waals surface area contributed by atoms with Crippen LogP contribution in [0.1, 0.15) is 40.0 Å². The topological polar surface area (TPSA) is 75.6 Å². The van der Waals surface area contributed by atoms with Crippen molar-refractivity contribution in [3.63, 3.8) is 0 Å². The van der Waals surface area contributed by atoms with E-state index in [1.165, 1.54) is 0 Å². The molecule has 0 aliphatic carbocycles. The van der Waals surface area contributed by atoms with Crippen LogP contribution in [0.5, 0.6) is 0 Å². The van der Waals surface area contributed by atoms with Crippen molar-refractivity contribution < 1.29 is 19.4 Å². The molecular formula is C14H23NO4. The number of carboxylic acids is 1. The molecule has 2 N–H and O–H groups in total. The summed E-state index contributed by atoms with van der Waals surface area (Å²) in [7, 11) is 0. The Bertz CT molecular complexity index is 342. The molecule has 0 spiro atoms. The molecule has 5 heteroatoms. The van der Waals surface area contributed by atoms with Gasteiger partial charge in [0, 0.05) is 0 Å². The molecule has 0 aromatic heterocycles. The van der Waals surface area contributed by atoms with Gasteiger partial charge in [-0.3, -0.25) is 0 Å². The van der Waals surface area contributed by atoms with Gasteiger partial charge in [0.05, 0.1) is 0 Å². The van der Waals surface area contributed by atoms with Crippen LogP contribution in [0.2, 0.25) is 0 Å². The van der Waals surface area contributed by atoms with E-state index in [-0.39, 0.29) is 0 Å². The van der Waals surface area contributed by atoms with E-state index in [0.717, 1.165) is 6.42 Å². The highest BCUT2D eigenvalue weighted by molar-refractivity contribution is 5.79. The molecule has 0 saturated heterocycles.